The van der Waals surface area contributed by atoms with Crippen LogP contribution in [0, 0.1) is 17.6 Å². The van der Waals surface area contributed by atoms with Crippen molar-refractivity contribution in [2.24, 2.45) is 5.92 Å². The van der Waals surface area contributed by atoms with Gasteiger partial charge in [-0.2, -0.15) is 0 Å². The van der Waals surface area contributed by atoms with Gasteiger partial charge in [0.2, 0.25) is 11.8 Å². The van der Waals surface area contributed by atoms with Crippen molar-refractivity contribution in [2.75, 3.05) is 48.6 Å². The van der Waals surface area contributed by atoms with E-state index >= 15 is 0 Å². The summed E-state index contributed by atoms with van der Waals surface area (Å²) in [5, 5.41) is 0. The van der Waals surface area contributed by atoms with Gasteiger partial charge in [-0.3, -0.25) is 4.21 Å². The van der Waals surface area contributed by atoms with E-state index in [1.807, 2.05) is 12.1 Å². The van der Waals surface area contributed by atoms with Gasteiger partial charge in [0.25, 0.3) is 0 Å². The zero-order valence-electron chi connectivity index (χ0n) is 23.3. The normalized spacial score (nSPS) is 14.2. The standard InChI is InChI=1S/C29H37F2N5O3S/c1-4-35(18-21-8-5-6-9-21)27-12-13-28(38-2)34-26(27)20-36(19-23-24(30)10-7-11-25(23)31)29-32-16-22(17-33-29)39-14-15-40(3)37/h7,10-13,16-17,21H,4-6,8-9,14-15,18-20H2,1-3H3. The first-order valence-corrected chi connectivity index (χ1v) is 15.3. The Hall–Kier alpha value is -3.34. The van der Waals surface area contributed by atoms with Gasteiger partial charge in [-0.25, -0.2) is 23.7 Å². The molecule has 1 saturated carbocycles. The molecule has 4 rings (SSSR count). The predicted octanol–water partition coefficient (Wildman–Crippen LogP) is 5.14. The molecule has 11 heteroatoms. The second-order valence-corrected chi connectivity index (χ2v) is 11.5. The number of anilines is 2. The molecule has 0 amide bonds. The number of benzene rings is 1. The quantitative estimate of drug-likeness (QED) is 0.262. The van der Waals surface area contributed by atoms with Crippen LogP contribution in [0.25, 0.3) is 0 Å². The van der Waals surface area contributed by atoms with Crippen LogP contribution in [0.3, 0.4) is 0 Å². The minimum absolute atomic E-state index is 0.0837. The summed E-state index contributed by atoms with van der Waals surface area (Å²) in [6, 6.07) is 7.65. The Bertz CT molecular complexity index is 1250. The minimum atomic E-state index is -0.979. The minimum Gasteiger partial charge on any atom is -0.489 e. The van der Waals surface area contributed by atoms with Gasteiger partial charge in [0.05, 0.1) is 56.3 Å². The number of ether oxygens (including phenoxy) is 2. The smallest absolute Gasteiger partial charge is 0.226 e. The first kappa shape index (κ1) is 29.6. The van der Waals surface area contributed by atoms with Crippen LogP contribution in [0.5, 0.6) is 11.6 Å². The molecule has 0 bridgehead atoms. The monoisotopic (exact) mass is 573 g/mol. The molecule has 2 heterocycles. The average molecular weight is 574 g/mol. The van der Waals surface area contributed by atoms with E-state index in [1.54, 1.807) is 18.3 Å². The maximum absolute atomic E-state index is 14.7. The molecule has 1 aliphatic carbocycles. The van der Waals surface area contributed by atoms with E-state index in [-0.39, 0.29) is 31.2 Å². The third kappa shape index (κ3) is 7.87. The fourth-order valence-corrected chi connectivity index (χ4v) is 5.29. The van der Waals surface area contributed by atoms with Crippen molar-refractivity contribution in [1.82, 2.24) is 15.0 Å². The molecule has 0 saturated heterocycles. The van der Waals surface area contributed by atoms with Gasteiger partial charge < -0.3 is 19.3 Å². The first-order valence-electron chi connectivity index (χ1n) is 13.6. The molecule has 0 N–H and O–H groups in total. The van der Waals surface area contributed by atoms with Gasteiger partial charge in [-0.15, -0.1) is 0 Å². The maximum Gasteiger partial charge on any atom is 0.226 e. The van der Waals surface area contributed by atoms with Gasteiger partial charge in [0, 0.05) is 41.8 Å². The second kappa shape index (κ2) is 14.3. The Kier molecular flexibility index (Phi) is 10.6. The molecular formula is C29H37F2N5O3S. The summed E-state index contributed by atoms with van der Waals surface area (Å²) in [7, 11) is 0.581. The Labute approximate surface area is 237 Å². The Balaban J connectivity index is 1.66. The second-order valence-electron chi connectivity index (χ2n) is 9.91. The fraction of sp³-hybridized carbons (Fsp3) is 0.483. The summed E-state index contributed by atoms with van der Waals surface area (Å²) in [6.45, 7) is 4.18. The van der Waals surface area contributed by atoms with Crippen LogP contribution in [-0.2, 0) is 23.9 Å². The molecule has 1 fully saturated rings. The summed E-state index contributed by atoms with van der Waals surface area (Å²) >= 11 is 0. The number of hydrogen-bond donors (Lipinski definition) is 0. The van der Waals surface area contributed by atoms with Crippen molar-refractivity contribution in [2.45, 2.75) is 45.7 Å². The summed E-state index contributed by atoms with van der Waals surface area (Å²) in [5.41, 5.74) is 1.56. The largest absolute Gasteiger partial charge is 0.489 e. The van der Waals surface area contributed by atoms with Crippen molar-refractivity contribution in [3.05, 3.63) is 65.6 Å². The van der Waals surface area contributed by atoms with Gasteiger partial charge in [0.1, 0.15) is 11.6 Å². The molecule has 40 heavy (non-hydrogen) atoms. The molecule has 1 atom stereocenters. The van der Waals surface area contributed by atoms with Crippen LogP contribution in [0.4, 0.5) is 20.4 Å². The topological polar surface area (TPSA) is 80.7 Å². The fourth-order valence-electron chi connectivity index (χ4n) is 4.97. The van der Waals surface area contributed by atoms with Crippen molar-refractivity contribution in [3.63, 3.8) is 0 Å². The van der Waals surface area contributed by atoms with E-state index < -0.39 is 22.4 Å². The molecule has 1 unspecified atom stereocenters. The Morgan fingerprint density at radius 3 is 2.35 bits per heavy atom. The summed E-state index contributed by atoms with van der Waals surface area (Å²) in [4.78, 5) is 17.7. The zero-order chi connectivity index (χ0) is 28.5. The highest BCUT2D eigenvalue weighted by Gasteiger charge is 2.23. The van der Waals surface area contributed by atoms with Crippen LogP contribution in [0.15, 0.2) is 42.7 Å². The first-order chi connectivity index (χ1) is 19.4. The number of nitrogens with zero attached hydrogens (tertiary/aromatic N) is 5. The number of methoxy groups -OCH3 is 1. The van der Waals surface area contributed by atoms with E-state index in [4.69, 9.17) is 14.5 Å². The van der Waals surface area contributed by atoms with Gasteiger partial charge in [0.15, 0.2) is 5.75 Å². The lowest BCUT2D eigenvalue weighted by molar-refractivity contribution is 0.339. The van der Waals surface area contributed by atoms with E-state index in [9.17, 15) is 13.0 Å². The zero-order valence-corrected chi connectivity index (χ0v) is 24.1. The van der Waals surface area contributed by atoms with E-state index in [2.05, 4.69) is 21.8 Å². The van der Waals surface area contributed by atoms with Crippen LogP contribution >= 0.6 is 0 Å². The number of aromatic nitrogens is 3. The van der Waals surface area contributed by atoms with Crippen molar-refractivity contribution in [1.29, 1.82) is 0 Å². The highest BCUT2D eigenvalue weighted by atomic mass is 32.2. The van der Waals surface area contributed by atoms with Crippen LogP contribution in [-0.4, -0.2) is 58.0 Å². The Morgan fingerprint density at radius 1 is 1.02 bits per heavy atom. The molecule has 2 aromatic heterocycles. The lowest BCUT2D eigenvalue weighted by Gasteiger charge is -2.30. The van der Waals surface area contributed by atoms with E-state index in [0.29, 0.717) is 29.0 Å². The van der Waals surface area contributed by atoms with E-state index in [0.717, 1.165) is 18.8 Å². The number of hydrogen-bond acceptors (Lipinski definition) is 8. The summed E-state index contributed by atoms with van der Waals surface area (Å²) < 4.78 is 51.8. The van der Waals surface area contributed by atoms with Gasteiger partial charge in [-0.1, -0.05) is 18.9 Å². The number of rotatable bonds is 14. The third-order valence-electron chi connectivity index (χ3n) is 7.10. The van der Waals surface area contributed by atoms with Crippen molar-refractivity contribution < 1.29 is 22.5 Å². The molecule has 216 valence electrons. The number of halogens is 2. The molecule has 0 aliphatic heterocycles. The molecular weight excluding hydrogens is 536 g/mol. The molecule has 0 radical (unpaired) electrons. The number of pyridine rings is 1. The average Bonchev–Trinajstić information content (AvgIpc) is 3.47. The lowest BCUT2D eigenvalue weighted by Crippen LogP contribution is -2.32. The molecule has 1 aromatic carbocycles. The van der Waals surface area contributed by atoms with Crippen molar-refractivity contribution in [3.8, 4) is 11.6 Å². The molecule has 8 nitrogen and oxygen atoms in total. The highest BCUT2D eigenvalue weighted by molar-refractivity contribution is 7.84. The van der Waals surface area contributed by atoms with Gasteiger partial charge in [-0.05, 0) is 43.9 Å². The van der Waals surface area contributed by atoms with Crippen LogP contribution in [0.2, 0.25) is 0 Å². The Morgan fingerprint density at radius 2 is 1.73 bits per heavy atom. The molecule has 3 aromatic rings. The highest BCUT2D eigenvalue weighted by Crippen LogP contribution is 2.31. The lowest BCUT2D eigenvalue weighted by atomic mass is 10.1. The SMILES string of the molecule is CCN(CC1CCCC1)c1ccc(OC)nc1CN(Cc1c(F)cccc1F)c1ncc(OCCS(C)=O)cn1. The molecule has 1 aliphatic rings. The molecule has 0 spiro atoms. The van der Waals surface area contributed by atoms with Crippen molar-refractivity contribution >= 4 is 22.4 Å². The predicted molar refractivity (Wildman–Crippen MR) is 153 cm³/mol. The van der Waals surface area contributed by atoms with E-state index in [1.165, 1.54) is 56.3 Å². The van der Waals surface area contributed by atoms with Gasteiger partial charge >= 0.3 is 0 Å². The maximum atomic E-state index is 14.7. The third-order valence-corrected chi connectivity index (χ3v) is 7.84. The van der Waals surface area contributed by atoms with Crippen LogP contribution < -0.4 is 19.3 Å². The van der Waals surface area contributed by atoms with Crippen LogP contribution in [0.1, 0.15) is 43.9 Å². The summed E-state index contributed by atoms with van der Waals surface area (Å²) in [5.74, 6) is 0.855. The summed E-state index contributed by atoms with van der Waals surface area (Å²) in [6.07, 6.45) is 9.55.